The van der Waals surface area contributed by atoms with E-state index in [0.717, 1.165) is 12.1 Å². The van der Waals surface area contributed by atoms with Crippen LogP contribution in [0.25, 0.3) is 0 Å². The summed E-state index contributed by atoms with van der Waals surface area (Å²) < 4.78 is 28.9. The number of benzene rings is 1. The molecule has 0 aliphatic carbocycles. The zero-order valence-corrected chi connectivity index (χ0v) is 10.7. The number of hydrogen-bond donors (Lipinski definition) is 2. The fourth-order valence-corrected chi connectivity index (χ4v) is 1.70. The highest BCUT2D eigenvalue weighted by Gasteiger charge is 2.19. The number of nitrogens with zero attached hydrogens (tertiary/aromatic N) is 3. The van der Waals surface area contributed by atoms with Crippen molar-refractivity contribution in [3.05, 3.63) is 41.5 Å². The first-order chi connectivity index (χ1) is 9.54. The highest BCUT2D eigenvalue weighted by molar-refractivity contribution is 5.95. The summed E-state index contributed by atoms with van der Waals surface area (Å²) in [6.07, 6.45) is 1.50. The van der Waals surface area contributed by atoms with Gasteiger partial charge in [0.15, 0.2) is 11.6 Å². The average molecular weight is 281 g/mol. The lowest BCUT2D eigenvalue weighted by atomic mass is 10.1. The van der Waals surface area contributed by atoms with Crippen molar-refractivity contribution in [2.75, 3.05) is 5.73 Å². The smallest absolute Gasteiger partial charge is 0.257 e. The first kappa shape index (κ1) is 13.9. The molecule has 0 bridgehead atoms. The predicted molar refractivity (Wildman–Crippen MR) is 67.6 cm³/mol. The summed E-state index contributed by atoms with van der Waals surface area (Å²) in [5, 5.41) is 9.87. The standard InChI is InChI=1S/C12H13F2N5O/c1-2-19-6-17-18-9(19)5-16-12(20)10-7(13)3-4-8(15)11(10)14/h3-4,6H,2,5,15H2,1H3,(H,16,20). The first-order valence-electron chi connectivity index (χ1n) is 5.93. The SMILES string of the molecule is CCn1cnnc1CNC(=O)c1c(F)ccc(N)c1F. The fraction of sp³-hybridized carbons (Fsp3) is 0.250. The number of anilines is 1. The number of carbonyl (C=O) groups excluding carboxylic acids is 1. The van der Waals surface area contributed by atoms with Crippen molar-refractivity contribution in [2.45, 2.75) is 20.0 Å². The molecule has 2 aromatic rings. The number of nitrogens with one attached hydrogen (secondary N) is 1. The molecule has 1 aromatic carbocycles. The van der Waals surface area contributed by atoms with Crippen molar-refractivity contribution < 1.29 is 13.6 Å². The van der Waals surface area contributed by atoms with Crippen molar-refractivity contribution in [3.8, 4) is 0 Å². The van der Waals surface area contributed by atoms with Gasteiger partial charge in [-0.3, -0.25) is 4.79 Å². The number of aromatic nitrogens is 3. The third-order valence-electron chi connectivity index (χ3n) is 2.79. The van der Waals surface area contributed by atoms with Crippen molar-refractivity contribution in [1.82, 2.24) is 20.1 Å². The molecule has 1 amide bonds. The van der Waals surface area contributed by atoms with Crippen LogP contribution in [0.1, 0.15) is 23.1 Å². The topological polar surface area (TPSA) is 85.8 Å². The second-order valence-corrected chi connectivity index (χ2v) is 4.04. The van der Waals surface area contributed by atoms with Crippen LogP contribution in [0.15, 0.2) is 18.5 Å². The van der Waals surface area contributed by atoms with Gasteiger partial charge in [-0.15, -0.1) is 10.2 Å². The number of aryl methyl sites for hydroxylation is 1. The van der Waals surface area contributed by atoms with Gasteiger partial charge in [-0.25, -0.2) is 8.78 Å². The third-order valence-corrected chi connectivity index (χ3v) is 2.79. The molecule has 0 radical (unpaired) electrons. The van der Waals surface area contributed by atoms with E-state index in [9.17, 15) is 13.6 Å². The van der Waals surface area contributed by atoms with Crippen molar-refractivity contribution in [1.29, 1.82) is 0 Å². The summed E-state index contributed by atoms with van der Waals surface area (Å²) in [4.78, 5) is 11.8. The van der Waals surface area contributed by atoms with Gasteiger partial charge in [0.05, 0.1) is 12.2 Å². The second kappa shape index (κ2) is 5.64. The monoisotopic (exact) mass is 281 g/mol. The normalized spacial score (nSPS) is 10.6. The molecule has 0 aliphatic heterocycles. The van der Waals surface area contributed by atoms with E-state index in [4.69, 9.17) is 5.73 Å². The molecule has 0 atom stereocenters. The highest BCUT2D eigenvalue weighted by Crippen LogP contribution is 2.18. The number of nitrogen functional groups attached to an aromatic ring is 1. The van der Waals surface area contributed by atoms with Crippen molar-refractivity contribution in [2.24, 2.45) is 0 Å². The van der Waals surface area contributed by atoms with E-state index in [0.29, 0.717) is 12.4 Å². The van der Waals surface area contributed by atoms with Crippen LogP contribution >= 0.6 is 0 Å². The van der Waals surface area contributed by atoms with Crippen LogP contribution in [0.3, 0.4) is 0 Å². The predicted octanol–water partition coefficient (Wildman–Crippen LogP) is 1.09. The lowest BCUT2D eigenvalue weighted by molar-refractivity contribution is 0.0941. The van der Waals surface area contributed by atoms with E-state index in [2.05, 4.69) is 15.5 Å². The van der Waals surface area contributed by atoms with Gasteiger partial charge in [-0.1, -0.05) is 0 Å². The molecule has 0 fully saturated rings. The maximum Gasteiger partial charge on any atom is 0.257 e. The molecule has 20 heavy (non-hydrogen) atoms. The van der Waals surface area contributed by atoms with Gasteiger partial charge in [-0.2, -0.15) is 0 Å². The van der Waals surface area contributed by atoms with E-state index >= 15 is 0 Å². The Labute approximate surface area is 113 Å². The van der Waals surface area contributed by atoms with E-state index < -0.39 is 23.1 Å². The molecular formula is C12H13F2N5O. The molecule has 0 unspecified atom stereocenters. The maximum atomic E-state index is 13.7. The molecule has 106 valence electrons. The van der Waals surface area contributed by atoms with E-state index in [-0.39, 0.29) is 12.2 Å². The number of nitrogens with two attached hydrogens (primary N) is 1. The maximum absolute atomic E-state index is 13.7. The number of hydrogen-bond acceptors (Lipinski definition) is 4. The van der Waals surface area contributed by atoms with E-state index in [1.54, 1.807) is 4.57 Å². The third kappa shape index (κ3) is 2.58. The van der Waals surface area contributed by atoms with Gasteiger partial charge in [0.1, 0.15) is 17.7 Å². The van der Waals surface area contributed by atoms with Crippen LogP contribution in [0, 0.1) is 11.6 Å². The fourth-order valence-electron chi connectivity index (χ4n) is 1.70. The molecule has 2 rings (SSSR count). The quantitative estimate of drug-likeness (QED) is 0.821. The van der Waals surface area contributed by atoms with Crippen molar-refractivity contribution >= 4 is 11.6 Å². The van der Waals surface area contributed by atoms with Crippen molar-refractivity contribution in [3.63, 3.8) is 0 Å². The molecule has 0 spiro atoms. The van der Waals surface area contributed by atoms with Crippen LogP contribution in [0.5, 0.6) is 0 Å². The van der Waals surface area contributed by atoms with Crippen LogP contribution < -0.4 is 11.1 Å². The van der Waals surface area contributed by atoms with Gasteiger partial charge in [-0.05, 0) is 19.1 Å². The molecule has 0 saturated heterocycles. The molecule has 6 nitrogen and oxygen atoms in total. The molecule has 0 aliphatic rings. The molecule has 1 heterocycles. The Bertz CT molecular complexity index is 641. The lowest BCUT2D eigenvalue weighted by Crippen LogP contribution is -2.27. The Kier molecular flexibility index (Phi) is 3.92. The number of amides is 1. The summed E-state index contributed by atoms with van der Waals surface area (Å²) >= 11 is 0. The van der Waals surface area contributed by atoms with Gasteiger partial charge < -0.3 is 15.6 Å². The molecule has 3 N–H and O–H groups in total. The lowest BCUT2D eigenvalue weighted by Gasteiger charge is -2.08. The second-order valence-electron chi connectivity index (χ2n) is 4.04. The summed E-state index contributed by atoms with van der Waals surface area (Å²) in [5.74, 6) is -2.44. The molecule has 1 aromatic heterocycles. The minimum atomic E-state index is -1.07. The summed E-state index contributed by atoms with van der Waals surface area (Å²) in [6.45, 7) is 2.52. The zero-order chi connectivity index (χ0) is 14.7. The Hall–Kier alpha value is -2.51. The number of rotatable bonds is 4. The van der Waals surface area contributed by atoms with Gasteiger partial charge in [0.25, 0.3) is 5.91 Å². The minimum absolute atomic E-state index is 0.0142. The summed E-state index contributed by atoms with van der Waals surface area (Å²) in [5.41, 5.74) is 4.33. The van der Waals surface area contributed by atoms with Crippen LogP contribution in [0.4, 0.5) is 14.5 Å². The Morgan fingerprint density at radius 2 is 2.20 bits per heavy atom. The molecule has 8 heteroatoms. The van der Waals surface area contributed by atoms with E-state index in [1.807, 2.05) is 6.92 Å². The summed E-state index contributed by atoms with van der Waals surface area (Å²) in [6, 6.07) is 2.01. The van der Waals surface area contributed by atoms with Gasteiger partial charge >= 0.3 is 0 Å². The first-order valence-corrected chi connectivity index (χ1v) is 5.93. The molecule has 0 saturated carbocycles. The Balaban J connectivity index is 2.15. The van der Waals surface area contributed by atoms with Crippen LogP contribution in [-0.4, -0.2) is 20.7 Å². The molecular weight excluding hydrogens is 268 g/mol. The largest absolute Gasteiger partial charge is 0.396 e. The Morgan fingerprint density at radius 1 is 1.45 bits per heavy atom. The zero-order valence-electron chi connectivity index (χ0n) is 10.7. The Morgan fingerprint density at radius 3 is 2.90 bits per heavy atom. The number of halogens is 2. The summed E-state index contributed by atoms with van der Waals surface area (Å²) in [7, 11) is 0. The van der Waals surface area contributed by atoms with Crippen LogP contribution in [-0.2, 0) is 13.1 Å². The van der Waals surface area contributed by atoms with Gasteiger partial charge in [0, 0.05) is 6.54 Å². The van der Waals surface area contributed by atoms with E-state index in [1.165, 1.54) is 6.33 Å². The minimum Gasteiger partial charge on any atom is -0.396 e. The highest BCUT2D eigenvalue weighted by atomic mass is 19.1. The number of carbonyl (C=O) groups is 1. The van der Waals surface area contributed by atoms with Gasteiger partial charge in [0.2, 0.25) is 0 Å². The average Bonchev–Trinajstić information content (AvgIpc) is 2.88. The van der Waals surface area contributed by atoms with Crippen LogP contribution in [0.2, 0.25) is 0 Å².